The summed E-state index contributed by atoms with van der Waals surface area (Å²) in [4.78, 5) is 6.75. The van der Waals surface area contributed by atoms with Gasteiger partial charge in [0.05, 0.1) is 6.33 Å². The van der Waals surface area contributed by atoms with Crippen molar-refractivity contribution in [2.24, 2.45) is 0 Å². The third-order valence-corrected chi connectivity index (χ3v) is 3.15. The molecule has 0 aliphatic rings. The number of hydrogen-bond acceptors (Lipinski definition) is 3. The SMILES string of the molecule is CC(C)(C)NS(=O)(=O)NCCc1cnc[nH]1. The quantitative estimate of drug-likeness (QED) is 0.692. The Bertz CT molecular complexity index is 405. The van der Waals surface area contributed by atoms with Crippen LogP contribution < -0.4 is 9.44 Å². The summed E-state index contributed by atoms with van der Waals surface area (Å²) in [7, 11) is -3.43. The van der Waals surface area contributed by atoms with Gasteiger partial charge in [0.2, 0.25) is 0 Å². The number of aromatic nitrogens is 2. The normalized spacial score (nSPS) is 12.9. The Hall–Kier alpha value is -0.920. The highest BCUT2D eigenvalue weighted by atomic mass is 32.2. The minimum absolute atomic E-state index is 0.341. The van der Waals surface area contributed by atoms with Crippen LogP contribution in [0, 0.1) is 0 Å². The van der Waals surface area contributed by atoms with Crippen LogP contribution in [0.25, 0.3) is 0 Å². The van der Waals surface area contributed by atoms with E-state index in [4.69, 9.17) is 0 Å². The van der Waals surface area contributed by atoms with Gasteiger partial charge in [-0.1, -0.05) is 0 Å². The van der Waals surface area contributed by atoms with Gasteiger partial charge in [0.25, 0.3) is 10.2 Å². The van der Waals surface area contributed by atoms with E-state index in [1.54, 1.807) is 33.3 Å². The standard InChI is InChI=1S/C9H18N4O2S/c1-9(2,3)13-16(14,15)12-5-4-8-6-10-7-11-8/h6-7,12-13H,4-5H2,1-3H3,(H,10,11). The van der Waals surface area contributed by atoms with Gasteiger partial charge >= 0.3 is 0 Å². The largest absolute Gasteiger partial charge is 0.348 e. The first-order chi connectivity index (χ1) is 7.29. The zero-order chi connectivity index (χ0) is 12.2. The van der Waals surface area contributed by atoms with Crippen LogP contribution in [0.2, 0.25) is 0 Å². The summed E-state index contributed by atoms with van der Waals surface area (Å²) in [5.41, 5.74) is 0.429. The van der Waals surface area contributed by atoms with Crippen molar-refractivity contribution in [2.75, 3.05) is 6.54 Å². The lowest BCUT2D eigenvalue weighted by atomic mass is 10.1. The average Bonchev–Trinajstić information content (AvgIpc) is 2.51. The van der Waals surface area contributed by atoms with Gasteiger partial charge in [-0.3, -0.25) is 0 Å². The minimum Gasteiger partial charge on any atom is -0.348 e. The minimum atomic E-state index is -3.43. The summed E-state index contributed by atoms with van der Waals surface area (Å²) in [6, 6.07) is 0. The second kappa shape index (κ2) is 4.94. The van der Waals surface area contributed by atoms with Crippen molar-refractivity contribution >= 4 is 10.2 Å². The van der Waals surface area contributed by atoms with Crippen molar-refractivity contribution in [3.05, 3.63) is 18.2 Å². The zero-order valence-electron chi connectivity index (χ0n) is 9.74. The van der Waals surface area contributed by atoms with Crippen molar-refractivity contribution in [3.63, 3.8) is 0 Å². The Morgan fingerprint density at radius 2 is 2.12 bits per heavy atom. The summed E-state index contributed by atoms with van der Waals surface area (Å²) < 4.78 is 28.0. The second-order valence-electron chi connectivity index (χ2n) is 4.58. The molecule has 3 N–H and O–H groups in total. The molecule has 1 rings (SSSR count). The molecule has 92 valence electrons. The first kappa shape index (κ1) is 13.1. The molecule has 0 bridgehead atoms. The van der Waals surface area contributed by atoms with Gasteiger partial charge in [0.1, 0.15) is 0 Å². The fraction of sp³-hybridized carbons (Fsp3) is 0.667. The molecule has 1 aromatic rings. The van der Waals surface area contributed by atoms with E-state index in [1.807, 2.05) is 0 Å². The van der Waals surface area contributed by atoms with E-state index in [0.29, 0.717) is 13.0 Å². The van der Waals surface area contributed by atoms with Crippen molar-refractivity contribution in [2.45, 2.75) is 32.7 Å². The molecule has 1 heterocycles. The number of imidazole rings is 1. The smallest absolute Gasteiger partial charge is 0.277 e. The molecule has 0 fully saturated rings. The monoisotopic (exact) mass is 246 g/mol. The second-order valence-corrected chi connectivity index (χ2v) is 6.08. The lowest BCUT2D eigenvalue weighted by Crippen LogP contribution is -2.47. The van der Waals surface area contributed by atoms with Crippen molar-refractivity contribution in [1.82, 2.24) is 19.4 Å². The Morgan fingerprint density at radius 1 is 1.44 bits per heavy atom. The Balaban J connectivity index is 2.37. The molecule has 0 aliphatic carbocycles. The molecule has 0 aliphatic heterocycles. The molecule has 0 unspecified atom stereocenters. The lowest BCUT2D eigenvalue weighted by Gasteiger charge is -2.20. The number of rotatable bonds is 5. The van der Waals surface area contributed by atoms with E-state index < -0.39 is 15.7 Å². The van der Waals surface area contributed by atoms with Crippen LogP contribution in [0.4, 0.5) is 0 Å². The molecule has 7 heteroatoms. The summed E-state index contributed by atoms with van der Waals surface area (Å²) in [5.74, 6) is 0. The maximum Gasteiger partial charge on any atom is 0.277 e. The lowest BCUT2D eigenvalue weighted by molar-refractivity contribution is 0.484. The molecule has 0 radical (unpaired) electrons. The Morgan fingerprint density at radius 3 is 2.62 bits per heavy atom. The molecule has 0 saturated carbocycles. The van der Waals surface area contributed by atoms with Gasteiger partial charge in [0.15, 0.2) is 0 Å². The van der Waals surface area contributed by atoms with Gasteiger partial charge in [-0.25, -0.2) is 9.71 Å². The molecule has 0 amide bonds. The predicted octanol–water partition coefficient (Wildman–Crippen LogP) is 0.175. The molecule has 0 saturated heterocycles. The third kappa shape index (κ3) is 5.24. The third-order valence-electron chi connectivity index (χ3n) is 1.68. The van der Waals surface area contributed by atoms with Crippen LogP contribution in [0.3, 0.4) is 0 Å². The predicted molar refractivity (Wildman–Crippen MR) is 62.1 cm³/mol. The first-order valence-electron chi connectivity index (χ1n) is 5.04. The Kier molecular flexibility index (Phi) is 4.06. The van der Waals surface area contributed by atoms with Gasteiger partial charge in [0, 0.05) is 30.4 Å². The van der Waals surface area contributed by atoms with E-state index in [9.17, 15) is 8.42 Å². The van der Waals surface area contributed by atoms with E-state index >= 15 is 0 Å². The van der Waals surface area contributed by atoms with Crippen LogP contribution in [0.15, 0.2) is 12.5 Å². The number of hydrogen-bond donors (Lipinski definition) is 3. The van der Waals surface area contributed by atoms with E-state index in [2.05, 4.69) is 19.4 Å². The summed E-state index contributed by atoms with van der Waals surface area (Å²) in [5, 5.41) is 0. The fourth-order valence-electron chi connectivity index (χ4n) is 1.18. The van der Waals surface area contributed by atoms with Crippen molar-refractivity contribution < 1.29 is 8.42 Å². The zero-order valence-corrected chi connectivity index (χ0v) is 10.6. The van der Waals surface area contributed by atoms with E-state index in [0.717, 1.165) is 5.69 Å². The molecule has 0 aromatic carbocycles. The molecule has 6 nitrogen and oxygen atoms in total. The highest BCUT2D eigenvalue weighted by molar-refractivity contribution is 7.87. The van der Waals surface area contributed by atoms with Crippen LogP contribution in [0.1, 0.15) is 26.5 Å². The molecule has 16 heavy (non-hydrogen) atoms. The Labute approximate surface area is 96.0 Å². The van der Waals surface area contributed by atoms with E-state index in [-0.39, 0.29) is 0 Å². The van der Waals surface area contributed by atoms with Gasteiger partial charge < -0.3 is 4.98 Å². The van der Waals surface area contributed by atoms with E-state index in [1.165, 1.54) is 0 Å². The molecule has 1 aromatic heterocycles. The maximum atomic E-state index is 11.5. The summed E-state index contributed by atoms with van der Waals surface area (Å²) in [6.07, 6.45) is 3.83. The van der Waals surface area contributed by atoms with Gasteiger partial charge in [-0.05, 0) is 20.8 Å². The molecular formula is C9H18N4O2S. The van der Waals surface area contributed by atoms with Crippen LogP contribution in [-0.2, 0) is 16.6 Å². The number of nitrogens with one attached hydrogen (secondary N) is 3. The van der Waals surface area contributed by atoms with Gasteiger partial charge in [-0.2, -0.15) is 13.1 Å². The van der Waals surface area contributed by atoms with Crippen LogP contribution in [0.5, 0.6) is 0 Å². The van der Waals surface area contributed by atoms with Crippen molar-refractivity contribution in [3.8, 4) is 0 Å². The maximum absolute atomic E-state index is 11.5. The highest BCUT2D eigenvalue weighted by Gasteiger charge is 2.18. The van der Waals surface area contributed by atoms with Gasteiger partial charge in [-0.15, -0.1) is 0 Å². The molecule has 0 spiro atoms. The van der Waals surface area contributed by atoms with Crippen LogP contribution in [-0.4, -0.2) is 30.5 Å². The summed E-state index contributed by atoms with van der Waals surface area (Å²) in [6.45, 7) is 5.72. The highest BCUT2D eigenvalue weighted by Crippen LogP contribution is 2.00. The van der Waals surface area contributed by atoms with Crippen LogP contribution >= 0.6 is 0 Å². The molecular weight excluding hydrogens is 228 g/mol. The first-order valence-corrected chi connectivity index (χ1v) is 6.53. The number of aromatic amines is 1. The summed E-state index contributed by atoms with van der Waals surface area (Å²) >= 11 is 0. The van der Waals surface area contributed by atoms with Crippen molar-refractivity contribution in [1.29, 1.82) is 0 Å². The topological polar surface area (TPSA) is 86.9 Å². The number of H-pyrrole nitrogens is 1. The number of nitrogens with zero attached hydrogens (tertiary/aromatic N) is 1. The average molecular weight is 246 g/mol. The molecule has 0 atom stereocenters. The fourth-order valence-corrected chi connectivity index (χ4v) is 2.43.